The lowest BCUT2D eigenvalue weighted by molar-refractivity contribution is 0.346. The van der Waals surface area contributed by atoms with Crippen LogP contribution in [0.5, 0.6) is 0 Å². The van der Waals surface area contributed by atoms with Crippen LogP contribution in [0.2, 0.25) is 0 Å². The van der Waals surface area contributed by atoms with E-state index in [0.29, 0.717) is 0 Å². The predicted molar refractivity (Wildman–Crippen MR) is 45.6 cm³/mol. The lowest BCUT2D eigenvalue weighted by atomic mass is 10.6. The normalized spacial score (nSPS) is 13.7. The van der Waals surface area contributed by atoms with Gasteiger partial charge in [0.1, 0.15) is 0 Å². The van der Waals surface area contributed by atoms with Crippen LogP contribution in [0.3, 0.4) is 0 Å². The zero-order valence-electron chi connectivity index (χ0n) is 6.72. The third-order valence-electron chi connectivity index (χ3n) is 1.42. The zero-order valence-corrected chi connectivity index (χ0v) is 7.54. The van der Waals surface area contributed by atoms with Gasteiger partial charge in [-0.1, -0.05) is 25.3 Å². The van der Waals surface area contributed by atoms with Crippen LogP contribution in [-0.4, -0.2) is 23.9 Å². The summed E-state index contributed by atoms with van der Waals surface area (Å²) in [6.45, 7) is 8.11. The minimum atomic E-state index is -0.312. The molecule has 0 aliphatic rings. The van der Waals surface area contributed by atoms with Gasteiger partial charge in [0.2, 0.25) is 0 Å². The van der Waals surface area contributed by atoms with Crippen LogP contribution in [0.1, 0.15) is 13.8 Å². The third-order valence-corrected chi connectivity index (χ3v) is 2.37. The summed E-state index contributed by atoms with van der Waals surface area (Å²) in [6.07, 6.45) is 0. The lowest BCUT2D eigenvalue weighted by Crippen LogP contribution is -2.25. The molecule has 10 heavy (non-hydrogen) atoms. The number of halogens is 1. The smallest absolute Gasteiger partial charge is 0.150 e. The Kier molecular flexibility index (Phi) is 4.73. The van der Waals surface area contributed by atoms with E-state index in [1.54, 1.807) is 0 Å². The predicted octanol–water partition coefficient (Wildman–Crippen LogP) is 2.46. The Bertz CT molecular complexity index is 116. The second-order valence-electron chi connectivity index (χ2n) is 2.15. The summed E-state index contributed by atoms with van der Waals surface area (Å²) in [5, 5.41) is -0.129. The summed E-state index contributed by atoms with van der Waals surface area (Å²) in [5.74, 6) is 0. The van der Waals surface area contributed by atoms with Gasteiger partial charge in [-0.15, -0.1) is 0 Å². The van der Waals surface area contributed by atoms with Crippen molar-refractivity contribution in [3.8, 4) is 0 Å². The first-order valence-electron chi connectivity index (χ1n) is 3.29. The van der Waals surface area contributed by atoms with Crippen molar-refractivity contribution in [2.45, 2.75) is 19.2 Å². The summed E-state index contributed by atoms with van der Waals surface area (Å²) < 4.78 is 12.2. The van der Waals surface area contributed by atoms with Crippen LogP contribution in [-0.2, 0) is 0 Å². The number of rotatable bonds is 4. The standard InChI is InChI=1S/C7H14FNS/c1-5-9(4)7(3)10-6(2)8/h7H,2,5H2,1,3-4H3. The third kappa shape index (κ3) is 3.90. The number of hydrogen-bond acceptors (Lipinski definition) is 2. The molecule has 1 nitrogen and oxygen atoms in total. The van der Waals surface area contributed by atoms with Crippen molar-refractivity contribution in [2.75, 3.05) is 13.6 Å². The quantitative estimate of drug-likeness (QED) is 0.586. The average Bonchev–Trinajstić information content (AvgIpc) is 1.85. The van der Waals surface area contributed by atoms with Crippen LogP contribution in [0, 0.1) is 0 Å². The molecule has 1 unspecified atom stereocenters. The van der Waals surface area contributed by atoms with Gasteiger partial charge in [0.25, 0.3) is 0 Å². The van der Waals surface area contributed by atoms with Crippen LogP contribution in [0.15, 0.2) is 11.7 Å². The first-order chi connectivity index (χ1) is 4.57. The van der Waals surface area contributed by atoms with Gasteiger partial charge < -0.3 is 0 Å². The van der Waals surface area contributed by atoms with E-state index >= 15 is 0 Å². The van der Waals surface area contributed by atoms with E-state index in [0.717, 1.165) is 18.3 Å². The highest BCUT2D eigenvalue weighted by atomic mass is 32.2. The first-order valence-corrected chi connectivity index (χ1v) is 4.17. The van der Waals surface area contributed by atoms with Gasteiger partial charge in [-0.2, -0.15) is 0 Å². The molecule has 60 valence electrons. The Morgan fingerprint density at radius 2 is 2.30 bits per heavy atom. The zero-order chi connectivity index (χ0) is 8.15. The molecule has 0 amide bonds. The maximum Gasteiger partial charge on any atom is 0.150 e. The van der Waals surface area contributed by atoms with E-state index in [4.69, 9.17) is 0 Å². The van der Waals surface area contributed by atoms with Gasteiger partial charge in [0.15, 0.2) is 5.16 Å². The molecule has 0 bridgehead atoms. The summed E-state index contributed by atoms with van der Waals surface area (Å²) in [6, 6.07) is 0. The summed E-state index contributed by atoms with van der Waals surface area (Å²) in [7, 11) is 1.96. The van der Waals surface area contributed by atoms with Crippen LogP contribution >= 0.6 is 11.8 Å². The molecular weight excluding hydrogens is 149 g/mol. The SMILES string of the molecule is C=C(F)SC(C)N(C)CC. The van der Waals surface area contributed by atoms with Gasteiger partial charge >= 0.3 is 0 Å². The molecule has 0 radical (unpaired) electrons. The Morgan fingerprint density at radius 1 is 1.80 bits per heavy atom. The highest BCUT2D eigenvalue weighted by Crippen LogP contribution is 2.22. The topological polar surface area (TPSA) is 3.24 Å². The van der Waals surface area contributed by atoms with Crippen molar-refractivity contribution >= 4 is 11.8 Å². The van der Waals surface area contributed by atoms with Gasteiger partial charge in [-0.3, -0.25) is 4.90 Å². The van der Waals surface area contributed by atoms with E-state index in [-0.39, 0.29) is 10.5 Å². The van der Waals surface area contributed by atoms with Crippen LogP contribution in [0.4, 0.5) is 4.39 Å². The van der Waals surface area contributed by atoms with Gasteiger partial charge in [-0.25, -0.2) is 4.39 Å². The molecule has 1 atom stereocenters. The molecule has 0 aromatic heterocycles. The highest BCUT2D eigenvalue weighted by molar-refractivity contribution is 8.03. The lowest BCUT2D eigenvalue weighted by Gasteiger charge is -2.20. The van der Waals surface area contributed by atoms with E-state index in [1.807, 2.05) is 20.9 Å². The fraction of sp³-hybridized carbons (Fsp3) is 0.714. The monoisotopic (exact) mass is 163 g/mol. The van der Waals surface area contributed by atoms with Gasteiger partial charge in [0.05, 0.1) is 5.37 Å². The molecule has 0 N–H and O–H groups in total. The minimum absolute atomic E-state index is 0.183. The molecule has 0 aliphatic carbocycles. The Morgan fingerprint density at radius 3 is 2.60 bits per heavy atom. The summed E-state index contributed by atoms with van der Waals surface area (Å²) in [5.41, 5.74) is 0. The second kappa shape index (κ2) is 4.74. The number of nitrogens with zero attached hydrogens (tertiary/aromatic N) is 1. The molecule has 3 heteroatoms. The maximum absolute atomic E-state index is 12.2. The van der Waals surface area contributed by atoms with Crippen molar-refractivity contribution in [2.24, 2.45) is 0 Å². The van der Waals surface area contributed by atoms with E-state index in [1.165, 1.54) is 0 Å². The maximum atomic E-state index is 12.2. The molecule has 0 fully saturated rings. The molecule has 0 heterocycles. The molecule has 0 aromatic carbocycles. The molecule has 0 saturated carbocycles. The van der Waals surface area contributed by atoms with E-state index < -0.39 is 0 Å². The number of hydrogen-bond donors (Lipinski definition) is 0. The molecule has 0 aliphatic heterocycles. The molecule has 0 spiro atoms. The second-order valence-corrected chi connectivity index (χ2v) is 3.51. The molecule has 0 saturated heterocycles. The Balaban J connectivity index is 3.61. The largest absolute Gasteiger partial charge is 0.295 e. The van der Waals surface area contributed by atoms with Crippen LogP contribution in [0.25, 0.3) is 0 Å². The summed E-state index contributed by atoms with van der Waals surface area (Å²) in [4.78, 5) is 2.05. The van der Waals surface area contributed by atoms with Crippen molar-refractivity contribution in [3.63, 3.8) is 0 Å². The van der Waals surface area contributed by atoms with E-state index in [9.17, 15) is 4.39 Å². The minimum Gasteiger partial charge on any atom is -0.295 e. The Hall–Kier alpha value is -0.0200. The highest BCUT2D eigenvalue weighted by Gasteiger charge is 2.08. The Labute approximate surface area is 66.3 Å². The van der Waals surface area contributed by atoms with Crippen molar-refractivity contribution in [1.29, 1.82) is 0 Å². The molecule has 0 aromatic rings. The molecular formula is C7H14FNS. The van der Waals surface area contributed by atoms with Crippen molar-refractivity contribution in [3.05, 3.63) is 11.7 Å². The van der Waals surface area contributed by atoms with Gasteiger partial charge in [0, 0.05) is 0 Å². The summed E-state index contributed by atoms with van der Waals surface area (Å²) >= 11 is 1.15. The number of thioether (sulfide) groups is 1. The fourth-order valence-corrected chi connectivity index (χ4v) is 1.23. The van der Waals surface area contributed by atoms with Crippen LogP contribution < -0.4 is 0 Å². The van der Waals surface area contributed by atoms with E-state index in [2.05, 4.69) is 11.5 Å². The average molecular weight is 163 g/mol. The first kappa shape index (κ1) is 9.98. The fourth-order valence-electron chi connectivity index (χ4n) is 0.532. The van der Waals surface area contributed by atoms with Gasteiger partial charge in [-0.05, 0) is 20.5 Å². The van der Waals surface area contributed by atoms with Crippen molar-refractivity contribution < 1.29 is 4.39 Å². The van der Waals surface area contributed by atoms with Crippen molar-refractivity contribution in [1.82, 2.24) is 4.90 Å². The molecule has 0 rings (SSSR count).